The van der Waals surface area contributed by atoms with Crippen LogP contribution in [0.5, 0.6) is 0 Å². The van der Waals surface area contributed by atoms with Gasteiger partial charge in [-0.05, 0) is 25.6 Å². The minimum absolute atomic E-state index is 0.173. The highest BCUT2D eigenvalue weighted by molar-refractivity contribution is 6.08. The maximum Gasteiger partial charge on any atom is 0.290 e. The number of nitrogens with zero attached hydrogens (tertiary/aromatic N) is 5. The molecule has 0 bridgehead atoms. The van der Waals surface area contributed by atoms with Crippen molar-refractivity contribution in [2.24, 2.45) is 0 Å². The molecule has 1 fully saturated rings. The highest BCUT2D eigenvalue weighted by atomic mass is 16.5. The van der Waals surface area contributed by atoms with Crippen LogP contribution in [0.4, 0.5) is 5.82 Å². The molecule has 9 heteroatoms. The number of carbonyl (C=O) groups is 2. The van der Waals surface area contributed by atoms with Crippen molar-refractivity contribution < 1.29 is 14.1 Å². The van der Waals surface area contributed by atoms with Crippen LogP contribution in [-0.4, -0.2) is 68.9 Å². The standard InChI is InChI=1S/C19H22N6O3/c1-3-23-8-10-24(11-9-23)19(27)17-21-16(14-6-4-5-7-25(14)17)18(26)20-15-12-13(2)28-22-15/h4-7,12H,3,8-11H2,1-2H3,(H,20,22,26). The maximum absolute atomic E-state index is 13.1. The topological polar surface area (TPSA) is 96.0 Å². The van der Waals surface area contributed by atoms with E-state index in [2.05, 4.69) is 27.3 Å². The van der Waals surface area contributed by atoms with Crippen molar-refractivity contribution in [2.45, 2.75) is 13.8 Å². The maximum atomic E-state index is 13.1. The largest absolute Gasteiger partial charge is 0.360 e. The van der Waals surface area contributed by atoms with Crippen LogP contribution in [0, 0.1) is 6.92 Å². The molecule has 1 aliphatic rings. The highest BCUT2D eigenvalue weighted by Crippen LogP contribution is 2.18. The second-order valence-electron chi connectivity index (χ2n) is 6.74. The van der Waals surface area contributed by atoms with Gasteiger partial charge >= 0.3 is 0 Å². The predicted octanol–water partition coefficient (Wildman–Crippen LogP) is 1.66. The number of hydrogen-bond acceptors (Lipinski definition) is 6. The molecule has 3 aromatic rings. The first-order valence-electron chi connectivity index (χ1n) is 9.30. The lowest BCUT2D eigenvalue weighted by Gasteiger charge is -2.33. The molecule has 0 spiro atoms. The molecule has 0 aliphatic carbocycles. The molecule has 0 radical (unpaired) electrons. The Bertz CT molecular complexity index is 1020. The zero-order chi connectivity index (χ0) is 19.7. The molecule has 28 heavy (non-hydrogen) atoms. The van der Waals surface area contributed by atoms with Crippen molar-refractivity contribution in [2.75, 3.05) is 38.0 Å². The van der Waals surface area contributed by atoms with E-state index in [1.807, 2.05) is 12.1 Å². The SMILES string of the molecule is CCN1CCN(C(=O)c2nc(C(=O)Nc3cc(C)on3)c3ccccn23)CC1. The summed E-state index contributed by atoms with van der Waals surface area (Å²) in [5, 5.41) is 6.44. The molecule has 1 saturated heterocycles. The lowest BCUT2D eigenvalue weighted by Crippen LogP contribution is -2.48. The summed E-state index contributed by atoms with van der Waals surface area (Å²) in [6.45, 7) is 7.79. The quantitative estimate of drug-likeness (QED) is 0.737. The molecular formula is C19H22N6O3. The van der Waals surface area contributed by atoms with Crippen LogP contribution in [0.3, 0.4) is 0 Å². The van der Waals surface area contributed by atoms with E-state index >= 15 is 0 Å². The highest BCUT2D eigenvalue weighted by Gasteiger charge is 2.27. The van der Waals surface area contributed by atoms with Crippen LogP contribution in [-0.2, 0) is 0 Å². The van der Waals surface area contributed by atoms with E-state index in [1.54, 1.807) is 34.6 Å². The van der Waals surface area contributed by atoms with Crippen molar-refractivity contribution in [3.05, 3.63) is 47.7 Å². The molecular weight excluding hydrogens is 360 g/mol. The molecule has 0 atom stereocenters. The minimum Gasteiger partial charge on any atom is -0.360 e. The van der Waals surface area contributed by atoms with Gasteiger partial charge in [0.1, 0.15) is 5.76 Å². The second-order valence-corrected chi connectivity index (χ2v) is 6.74. The minimum atomic E-state index is -0.438. The molecule has 4 rings (SSSR count). The molecule has 1 aliphatic heterocycles. The molecule has 4 heterocycles. The van der Waals surface area contributed by atoms with E-state index in [1.165, 1.54) is 0 Å². The molecule has 9 nitrogen and oxygen atoms in total. The molecule has 0 unspecified atom stereocenters. The number of nitrogens with one attached hydrogen (secondary N) is 1. The van der Waals surface area contributed by atoms with Crippen LogP contribution in [0.15, 0.2) is 35.0 Å². The number of aryl methyl sites for hydroxylation is 1. The monoisotopic (exact) mass is 382 g/mol. The van der Waals surface area contributed by atoms with Gasteiger partial charge in [0.2, 0.25) is 5.82 Å². The number of anilines is 1. The summed E-state index contributed by atoms with van der Waals surface area (Å²) in [4.78, 5) is 34.3. The summed E-state index contributed by atoms with van der Waals surface area (Å²) in [5.41, 5.74) is 0.743. The summed E-state index contributed by atoms with van der Waals surface area (Å²) in [6, 6.07) is 7.00. The number of likely N-dealkylation sites (N-methyl/N-ethyl adjacent to an activating group) is 1. The van der Waals surface area contributed by atoms with Gasteiger partial charge in [-0.2, -0.15) is 0 Å². The van der Waals surface area contributed by atoms with Crippen LogP contribution < -0.4 is 5.32 Å². The number of carbonyl (C=O) groups excluding carboxylic acids is 2. The zero-order valence-electron chi connectivity index (χ0n) is 15.9. The number of amides is 2. The van der Waals surface area contributed by atoms with Crippen molar-refractivity contribution in [3.63, 3.8) is 0 Å². The third-order valence-electron chi connectivity index (χ3n) is 4.93. The van der Waals surface area contributed by atoms with E-state index in [0.717, 1.165) is 19.6 Å². The van der Waals surface area contributed by atoms with Gasteiger partial charge in [-0.1, -0.05) is 18.1 Å². The lowest BCUT2D eigenvalue weighted by molar-refractivity contribution is 0.0630. The lowest BCUT2D eigenvalue weighted by atomic mass is 10.3. The summed E-state index contributed by atoms with van der Waals surface area (Å²) in [7, 11) is 0. The van der Waals surface area contributed by atoms with E-state index in [0.29, 0.717) is 30.2 Å². The zero-order valence-corrected chi connectivity index (χ0v) is 15.9. The molecule has 0 aromatic carbocycles. The first-order valence-corrected chi connectivity index (χ1v) is 9.30. The van der Waals surface area contributed by atoms with E-state index in [4.69, 9.17) is 4.52 Å². The number of rotatable bonds is 4. The Morgan fingerprint density at radius 3 is 2.68 bits per heavy atom. The molecule has 0 saturated carbocycles. The summed E-state index contributed by atoms with van der Waals surface area (Å²) < 4.78 is 6.64. The van der Waals surface area contributed by atoms with E-state index in [-0.39, 0.29) is 17.4 Å². The summed E-state index contributed by atoms with van der Waals surface area (Å²) >= 11 is 0. The van der Waals surface area contributed by atoms with Gasteiger partial charge < -0.3 is 19.6 Å². The van der Waals surface area contributed by atoms with Crippen molar-refractivity contribution in [1.29, 1.82) is 0 Å². The number of hydrogen-bond donors (Lipinski definition) is 1. The summed E-state index contributed by atoms with van der Waals surface area (Å²) in [6.07, 6.45) is 1.74. The van der Waals surface area contributed by atoms with Gasteiger partial charge in [0.05, 0.1) is 5.52 Å². The van der Waals surface area contributed by atoms with Crippen LogP contribution in [0.2, 0.25) is 0 Å². The van der Waals surface area contributed by atoms with E-state index < -0.39 is 5.91 Å². The van der Waals surface area contributed by atoms with Gasteiger partial charge in [0, 0.05) is 38.4 Å². The fourth-order valence-corrected chi connectivity index (χ4v) is 3.37. The summed E-state index contributed by atoms with van der Waals surface area (Å²) in [5.74, 6) is 0.525. The van der Waals surface area contributed by atoms with Gasteiger partial charge in [0.25, 0.3) is 11.8 Å². The van der Waals surface area contributed by atoms with Crippen molar-refractivity contribution in [1.82, 2.24) is 24.3 Å². The first-order chi connectivity index (χ1) is 13.6. The Labute approximate surface area is 161 Å². The molecule has 3 aromatic heterocycles. The van der Waals surface area contributed by atoms with Crippen LogP contribution >= 0.6 is 0 Å². The Hall–Kier alpha value is -3.20. The Morgan fingerprint density at radius 1 is 1.21 bits per heavy atom. The van der Waals surface area contributed by atoms with Gasteiger partial charge in [0.15, 0.2) is 11.5 Å². The molecule has 2 amide bonds. The molecule has 146 valence electrons. The first kappa shape index (κ1) is 18.2. The Morgan fingerprint density at radius 2 is 2.00 bits per heavy atom. The van der Waals surface area contributed by atoms with Crippen molar-refractivity contribution in [3.8, 4) is 0 Å². The third-order valence-corrected chi connectivity index (χ3v) is 4.93. The average Bonchev–Trinajstić information content (AvgIpc) is 3.31. The van der Waals surface area contributed by atoms with Gasteiger partial charge in [-0.15, -0.1) is 0 Å². The number of pyridine rings is 1. The fraction of sp³-hybridized carbons (Fsp3) is 0.368. The second kappa shape index (κ2) is 7.43. The normalized spacial score (nSPS) is 15.1. The Balaban J connectivity index is 1.63. The third kappa shape index (κ3) is 3.36. The van der Waals surface area contributed by atoms with Crippen molar-refractivity contribution >= 4 is 23.1 Å². The number of aromatic nitrogens is 3. The Kier molecular flexibility index (Phi) is 4.82. The fourth-order valence-electron chi connectivity index (χ4n) is 3.37. The van der Waals surface area contributed by atoms with E-state index in [9.17, 15) is 9.59 Å². The number of imidazole rings is 1. The smallest absolute Gasteiger partial charge is 0.290 e. The predicted molar refractivity (Wildman–Crippen MR) is 102 cm³/mol. The molecule has 1 N–H and O–H groups in total. The van der Waals surface area contributed by atoms with Crippen LogP contribution in [0.25, 0.3) is 5.52 Å². The van der Waals surface area contributed by atoms with Gasteiger partial charge in [-0.25, -0.2) is 4.98 Å². The number of piperazine rings is 1. The number of fused-ring (bicyclic) bond motifs is 1. The van der Waals surface area contributed by atoms with Gasteiger partial charge in [-0.3, -0.25) is 14.0 Å². The average molecular weight is 382 g/mol. The van der Waals surface area contributed by atoms with Crippen LogP contribution in [0.1, 0.15) is 33.8 Å².